The summed E-state index contributed by atoms with van der Waals surface area (Å²) in [4.78, 5) is 16.3. The summed E-state index contributed by atoms with van der Waals surface area (Å²) in [5.41, 5.74) is 6.03. The monoisotopic (exact) mass is 397 g/mol. The Balaban J connectivity index is 1.44. The van der Waals surface area contributed by atoms with Gasteiger partial charge >= 0.3 is 0 Å². The first-order valence-corrected chi connectivity index (χ1v) is 9.34. The SMILES string of the molecule is O=C(N/N=C\c1cccnc1)c1cc(-c2ccccc2OCc2ccccc2)n[nH]1. The van der Waals surface area contributed by atoms with Gasteiger partial charge in [-0.1, -0.05) is 48.5 Å². The number of hydrogen-bond donors (Lipinski definition) is 2. The minimum absolute atomic E-state index is 0.297. The van der Waals surface area contributed by atoms with E-state index >= 15 is 0 Å². The van der Waals surface area contributed by atoms with Crippen LogP contribution in [0.2, 0.25) is 0 Å². The third kappa shape index (κ3) is 4.77. The molecule has 0 bridgehead atoms. The average Bonchev–Trinajstić information content (AvgIpc) is 3.30. The molecule has 4 rings (SSSR count). The van der Waals surface area contributed by atoms with E-state index in [9.17, 15) is 4.79 Å². The van der Waals surface area contributed by atoms with E-state index in [1.54, 1.807) is 24.5 Å². The Morgan fingerprint density at radius 1 is 1.07 bits per heavy atom. The number of pyridine rings is 1. The normalized spacial score (nSPS) is 10.8. The van der Waals surface area contributed by atoms with Crippen LogP contribution in [0.4, 0.5) is 0 Å². The van der Waals surface area contributed by atoms with Gasteiger partial charge in [0.25, 0.3) is 5.91 Å². The molecule has 0 saturated carbocycles. The van der Waals surface area contributed by atoms with Gasteiger partial charge in [0.1, 0.15) is 18.1 Å². The second-order valence-corrected chi connectivity index (χ2v) is 6.42. The van der Waals surface area contributed by atoms with Crippen molar-refractivity contribution in [3.63, 3.8) is 0 Å². The standard InChI is InChI=1S/C23H19N5O2/c29-23(28-25-15-18-9-6-12-24-14-18)21-13-20(26-27-21)19-10-4-5-11-22(19)30-16-17-7-2-1-3-8-17/h1-15H,16H2,(H,26,27)(H,28,29)/b25-15-. The number of nitrogens with zero attached hydrogens (tertiary/aromatic N) is 3. The molecule has 2 heterocycles. The number of aromatic nitrogens is 3. The number of carbonyl (C=O) groups is 1. The second-order valence-electron chi connectivity index (χ2n) is 6.42. The number of H-pyrrole nitrogens is 1. The zero-order chi connectivity index (χ0) is 20.6. The molecule has 2 aromatic carbocycles. The zero-order valence-electron chi connectivity index (χ0n) is 16.0. The summed E-state index contributed by atoms with van der Waals surface area (Å²) >= 11 is 0. The molecule has 0 aliphatic carbocycles. The molecule has 0 aliphatic heterocycles. The van der Waals surface area contributed by atoms with Gasteiger partial charge in [0.05, 0.1) is 11.9 Å². The fourth-order valence-electron chi connectivity index (χ4n) is 2.79. The summed E-state index contributed by atoms with van der Waals surface area (Å²) in [5.74, 6) is 0.297. The fraction of sp³-hybridized carbons (Fsp3) is 0.0435. The first-order valence-electron chi connectivity index (χ1n) is 9.34. The van der Waals surface area contributed by atoms with Crippen LogP contribution in [-0.2, 0) is 6.61 Å². The van der Waals surface area contributed by atoms with E-state index in [-0.39, 0.29) is 0 Å². The van der Waals surface area contributed by atoms with E-state index in [0.29, 0.717) is 23.7 Å². The van der Waals surface area contributed by atoms with E-state index < -0.39 is 5.91 Å². The van der Waals surface area contributed by atoms with Gasteiger partial charge in [-0.3, -0.25) is 14.9 Å². The molecule has 0 radical (unpaired) electrons. The van der Waals surface area contributed by atoms with E-state index in [2.05, 4.69) is 25.7 Å². The van der Waals surface area contributed by atoms with E-state index in [4.69, 9.17) is 4.74 Å². The average molecular weight is 397 g/mol. The Labute approximate surface area is 173 Å². The molecule has 0 spiro atoms. The van der Waals surface area contributed by atoms with Crippen LogP contribution < -0.4 is 10.2 Å². The molecular weight excluding hydrogens is 378 g/mol. The lowest BCUT2D eigenvalue weighted by Gasteiger charge is -2.10. The lowest BCUT2D eigenvalue weighted by molar-refractivity contribution is 0.0950. The van der Waals surface area contributed by atoms with Gasteiger partial charge < -0.3 is 4.74 Å². The summed E-state index contributed by atoms with van der Waals surface area (Å²) in [6.07, 6.45) is 4.84. The Bertz CT molecular complexity index is 1140. The van der Waals surface area contributed by atoms with Crippen molar-refractivity contribution >= 4 is 12.1 Å². The number of amides is 1. The molecule has 0 saturated heterocycles. The van der Waals surface area contributed by atoms with Crippen LogP contribution in [-0.4, -0.2) is 27.3 Å². The maximum atomic E-state index is 12.3. The highest BCUT2D eigenvalue weighted by atomic mass is 16.5. The smallest absolute Gasteiger partial charge is 0.289 e. The highest BCUT2D eigenvalue weighted by Gasteiger charge is 2.13. The third-order valence-electron chi connectivity index (χ3n) is 4.29. The first kappa shape index (κ1) is 19.1. The van der Waals surface area contributed by atoms with E-state index in [1.165, 1.54) is 6.21 Å². The predicted molar refractivity (Wildman–Crippen MR) is 114 cm³/mol. The molecule has 7 nitrogen and oxygen atoms in total. The second kappa shape index (κ2) is 9.29. The summed E-state index contributed by atoms with van der Waals surface area (Å²) in [6.45, 7) is 0.443. The molecule has 148 valence electrons. The molecule has 2 N–H and O–H groups in total. The number of ether oxygens (including phenoxy) is 1. The quantitative estimate of drug-likeness (QED) is 0.366. The lowest BCUT2D eigenvalue weighted by atomic mass is 10.1. The molecule has 0 atom stereocenters. The van der Waals surface area contributed by atoms with Crippen LogP contribution in [0.3, 0.4) is 0 Å². The maximum absolute atomic E-state index is 12.3. The highest BCUT2D eigenvalue weighted by Crippen LogP contribution is 2.29. The molecule has 0 unspecified atom stereocenters. The molecule has 1 amide bonds. The summed E-state index contributed by atoms with van der Waals surface area (Å²) in [7, 11) is 0. The molecule has 7 heteroatoms. The van der Waals surface area contributed by atoms with Crippen molar-refractivity contribution in [2.75, 3.05) is 0 Å². The van der Waals surface area contributed by atoms with Crippen molar-refractivity contribution in [2.45, 2.75) is 6.61 Å². The van der Waals surface area contributed by atoms with Gasteiger partial charge in [-0.25, -0.2) is 5.43 Å². The van der Waals surface area contributed by atoms with Crippen LogP contribution in [0, 0.1) is 0 Å². The van der Waals surface area contributed by atoms with Gasteiger partial charge in [-0.05, 0) is 29.8 Å². The van der Waals surface area contributed by atoms with Gasteiger partial charge in [0.15, 0.2) is 0 Å². The van der Waals surface area contributed by atoms with Crippen LogP contribution in [0.1, 0.15) is 21.6 Å². The number of para-hydroxylation sites is 1. The summed E-state index contributed by atoms with van der Waals surface area (Å²) < 4.78 is 5.98. The van der Waals surface area contributed by atoms with Crippen molar-refractivity contribution < 1.29 is 9.53 Å². The summed E-state index contributed by atoms with van der Waals surface area (Å²) in [6, 6.07) is 22.8. The Morgan fingerprint density at radius 3 is 2.73 bits per heavy atom. The Kier molecular flexibility index (Phi) is 5.91. The van der Waals surface area contributed by atoms with Crippen molar-refractivity contribution in [1.82, 2.24) is 20.6 Å². The number of benzene rings is 2. The first-order chi connectivity index (χ1) is 14.8. The van der Waals surface area contributed by atoms with Crippen molar-refractivity contribution in [3.05, 3.63) is 102 Å². The van der Waals surface area contributed by atoms with E-state index in [0.717, 1.165) is 16.7 Å². The van der Waals surface area contributed by atoms with Gasteiger partial charge in [-0.15, -0.1) is 0 Å². The van der Waals surface area contributed by atoms with Crippen LogP contribution in [0.25, 0.3) is 11.3 Å². The topological polar surface area (TPSA) is 92.3 Å². The fourth-order valence-corrected chi connectivity index (χ4v) is 2.79. The molecule has 4 aromatic rings. The summed E-state index contributed by atoms with van der Waals surface area (Å²) in [5, 5.41) is 11.0. The minimum atomic E-state index is -0.392. The maximum Gasteiger partial charge on any atom is 0.289 e. The molecule has 2 aromatic heterocycles. The number of aromatic amines is 1. The largest absolute Gasteiger partial charge is 0.488 e. The molecule has 30 heavy (non-hydrogen) atoms. The highest BCUT2D eigenvalue weighted by molar-refractivity contribution is 5.94. The molecule has 0 fully saturated rings. The molecule has 0 aliphatic rings. The predicted octanol–water partition coefficient (Wildman–Crippen LogP) is 3.81. The van der Waals surface area contributed by atoms with Gasteiger partial charge in [0, 0.05) is 23.5 Å². The number of hydrazone groups is 1. The molecular formula is C23H19N5O2. The van der Waals surface area contributed by atoms with Gasteiger partial charge in [0.2, 0.25) is 0 Å². The minimum Gasteiger partial charge on any atom is -0.488 e. The van der Waals surface area contributed by atoms with Crippen LogP contribution in [0.5, 0.6) is 5.75 Å². The Hall–Kier alpha value is -4.26. The third-order valence-corrected chi connectivity index (χ3v) is 4.29. The van der Waals surface area contributed by atoms with Crippen molar-refractivity contribution in [1.29, 1.82) is 0 Å². The zero-order valence-corrected chi connectivity index (χ0v) is 16.0. The van der Waals surface area contributed by atoms with E-state index in [1.807, 2.05) is 60.7 Å². The van der Waals surface area contributed by atoms with Crippen molar-refractivity contribution in [3.8, 4) is 17.0 Å². The van der Waals surface area contributed by atoms with Crippen molar-refractivity contribution in [2.24, 2.45) is 5.10 Å². The number of rotatable bonds is 7. The van der Waals surface area contributed by atoms with Crippen LogP contribution in [0.15, 0.2) is 90.3 Å². The number of nitrogens with one attached hydrogen (secondary N) is 2. The Morgan fingerprint density at radius 2 is 1.90 bits per heavy atom. The van der Waals surface area contributed by atoms with Gasteiger partial charge in [-0.2, -0.15) is 10.2 Å². The number of hydrogen-bond acceptors (Lipinski definition) is 5. The lowest BCUT2D eigenvalue weighted by Crippen LogP contribution is -2.18. The van der Waals surface area contributed by atoms with Crippen LogP contribution >= 0.6 is 0 Å². The number of carbonyl (C=O) groups excluding carboxylic acids is 1.